The molecule has 0 aliphatic carbocycles. The third kappa shape index (κ3) is 1.05. The summed E-state index contributed by atoms with van der Waals surface area (Å²) in [4.78, 5) is 4.16. The Morgan fingerprint density at radius 3 is 2.73 bits per heavy atom. The van der Waals surface area contributed by atoms with Gasteiger partial charge in [-0.15, -0.1) is 0 Å². The highest BCUT2D eigenvalue weighted by Gasteiger charge is 2.07. The van der Waals surface area contributed by atoms with Gasteiger partial charge >= 0.3 is 0 Å². The molecule has 3 rings (SSSR count). The number of fused-ring (bicyclic) bond motifs is 3. The van der Waals surface area contributed by atoms with E-state index in [9.17, 15) is 0 Å². The highest BCUT2D eigenvalue weighted by atomic mass is 16.3. The number of aromatic nitrogens is 1. The first-order valence-electron chi connectivity index (χ1n) is 4.57. The van der Waals surface area contributed by atoms with Gasteiger partial charge in [-0.1, -0.05) is 0 Å². The Balaban J connectivity index is 2.63. The summed E-state index contributed by atoms with van der Waals surface area (Å²) in [7, 11) is 0. The Bertz CT molecular complexity index is 657. The molecule has 0 aliphatic rings. The van der Waals surface area contributed by atoms with Crippen LogP contribution in [0.2, 0.25) is 0 Å². The van der Waals surface area contributed by atoms with Crippen molar-refractivity contribution in [2.75, 3.05) is 11.5 Å². The second-order valence-electron chi connectivity index (χ2n) is 3.44. The Kier molecular flexibility index (Phi) is 1.42. The van der Waals surface area contributed by atoms with Gasteiger partial charge in [0, 0.05) is 21.8 Å². The summed E-state index contributed by atoms with van der Waals surface area (Å²) >= 11 is 0. The lowest BCUT2D eigenvalue weighted by atomic mass is 10.1. The van der Waals surface area contributed by atoms with Gasteiger partial charge < -0.3 is 15.9 Å². The lowest BCUT2D eigenvalue weighted by Crippen LogP contribution is -1.93. The number of anilines is 2. The molecule has 0 saturated carbocycles. The summed E-state index contributed by atoms with van der Waals surface area (Å²) in [6.45, 7) is 0. The topological polar surface area (TPSA) is 78.1 Å². The van der Waals surface area contributed by atoms with Gasteiger partial charge in [-0.2, -0.15) is 4.98 Å². The normalized spacial score (nSPS) is 11.2. The van der Waals surface area contributed by atoms with E-state index >= 15 is 0 Å². The molecule has 4 heteroatoms. The SMILES string of the molecule is Nc1ccc2c(N)nc3occc3c2c1. The Morgan fingerprint density at radius 1 is 1.00 bits per heavy atom. The van der Waals surface area contributed by atoms with Gasteiger partial charge in [0.2, 0.25) is 5.71 Å². The van der Waals surface area contributed by atoms with Crippen LogP contribution in [-0.4, -0.2) is 4.98 Å². The summed E-state index contributed by atoms with van der Waals surface area (Å²) in [6.07, 6.45) is 1.60. The second kappa shape index (κ2) is 2.63. The predicted molar refractivity (Wildman–Crippen MR) is 60.3 cm³/mol. The molecule has 3 aromatic rings. The number of nitrogens with two attached hydrogens (primary N) is 2. The summed E-state index contributed by atoms with van der Waals surface area (Å²) < 4.78 is 5.21. The molecule has 0 spiro atoms. The fourth-order valence-corrected chi connectivity index (χ4v) is 1.77. The second-order valence-corrected chi connectivity index (χ2v) is 3.44. The smallest absolute Gasteiger partial charge is 0.228 e. The first-order chi connectivity index (χ1) is 7.25. The molecule has 1 aromatic carbocycles. The number of benzene rings is 1. The van der Waals surface area contributed by atoms with Gasteiger partial charge in [0.05, 0.1) is 6.26 Å². The van der Waals surface area contributed by atoms with Gasteiger partial charge in [0.1, 0.15) is 5.82 Å². The molecule has 2 heterocycles. The average molecular weight is 199 g/mol. The summed E-state index contributed by atoms with van der Waals surface area (Å²) in [5, 5.41) is 2.82. The van der Waals surface area contributed by atoms with Crippen LogP contribution in [0.1, 0.15) is 0 Å². The molecule has 15 heavy (non-hydrogen) atoms. The number of nitrogens with zero attached hydrogens (tertiary/aromatic N) is 1. The van der Waals surface area contributed by atoms with Gasteiger partial charge in [-0.05, 0) is 24.3 Å². The van der Waals surface area contributed by atoms with Crippen LogP contribution < -0.4 is 11.5 Å². The van der Waals surface area contributed by atoms with Crippen LogP contribution in [0, 0.1) is 0 Å². The van der Waals surface area contributed by atoms with Crippen LogP contribution in [0.5, 0.6) is 0 Å². The van der Waals surface area contributed by atoms with Gasteiger partial charge in [-0.25, -0.2) is 0 Å². The number of furan rings is 1. The number of hydrogen-bond acceptors (Lipinski definition) is 4. The van der Waals surface area contributed by atoms with Crippen LogP contribution in [0.25, 0.3) is 21.9 Å². The molecule has 0 atom stereocenters. The molecule has 0 radical (unpaired) electrons. The van der Waals surface area contributed by atoms with E-state index in [4.69, 9.17) is 15.9 Å². The zero-order valence-corrected chi connectivity index (χ0v) is 7.90. The number of pyridine rings is 1. The number of hydrogen-bond donors (Lipinski definition) is 2. The molecule has 0 fully saturated rings. The van der Waals surface area contributed by atoms with E-state index in [0.717, 1.165) is 16.2 Å². The zero-order valence-electron chi connectivity index (χ0n) is 7.90. The zero-order chi connectivity index (χ0) is 10.4. The van der Waals surface area contributed by atoms with Crippen molar-refractivity contribution in [3.63, 3.8) is 0 Å². The van der Waals surface area contributed by atoms with Gasteiger partial charge in [0.15, 0.2) is 0 Å². The van der Waals surface area contributed by atoms with E-state index in [1.807, 2.05) is 24.3 Å². The van der Waals surface area contributed by atoms with Crippen molar-refractivity contribution in [3.8, 4) is 0 Å². The third-order valence-corrected chi connectivity index (χ3v) is 2.48. The fraction of sp³-hybridized carbons (Fsp3) is 0. The van der Waals surface area contributed by atoms with Crippen molar-refractivity contribution in [3.05, 3.63) is 30.5 Å². The molecular formula is C11H9N3O. The van der Waals surface area contributed by atoms with E-state index in [2.05, 4.69) is 4.98 Å². The lowest BCUT2D eigenvalue weighted by Gasteiger charge is -2.03. The molecule has 0 saturated heterocycles. The van der Waals surface area contributed by atoms with Crippen molar-refractivity contribution < 1.29 is 4.42 Å². The Morgan fingerprint density at radius 2 is 1.87 bits per heavy atom. The molecule has 4 N–H and O–H groups in total. The maximum atomic E-state index is 5.82. The van der Waals surface area contributed by atoms with Crippen LogP contribution >= 0.6 is 0 Å². The maximum Gasteiger partial charge on any atom is 0.228 e. The Hall–Kier alpha value is -2.23. The largest absolute Gasteiger partial charge is 0.446 e. The van der Waals surface area contributed by atoms with Crippen molar-refractivity contribution in [1.29, 1.82) is 0 Å². The maximum absolute atomic E-state index is 5.82. The summed E-state index contributed by atoms with van der Waals surface area (Å²) in [5.74, 6) is 0.465. The molecule has 74 valence electrons. The number of nitrogen functional groups attached to an aromatic ring is 2. The van der Waals surface area contributed by atoms with Gasteiger partial charge in [-0.3, -0.25) is 0 Å². The lowest BCUT2D eigenvalue weighted by molar-refractivity contribution is 0.604. The van der Waals surface area contributed by atoms with E-state index in [-0.39, 0.29) is 0 Å². The first-order valence-corrected chi connectivity index (χ1v) is 4.57. The van der Waals surface area contributed by atoms with Crippen molar-refractivity contribution in [1.82, 2.24) is 4.98 Å². The average Bonchev–Trinajstić information content (AvgIpc) is 2.65. The van der Waals surface area contributed by atoms with Crippen LogP contribution in [0.4, 0.5) is 11.5 Å². The summed E-state index contributed by atoms with van der Waals surface area (Å²) in [6, 6.07) is 7.43. The molecule has 0 unspecified atom stereocenters. The molecule has 0 amide bonds. The highest BCUT2D eigenvalue weighted by molar-refractivity contribution is 6.09. The minimum absolute atomic E-state index is 0.465. The van der Waals surface area contributed by atoms with E-state index in [1.165, 1.54) is 0 Å². The predicted octanol–water partition coefficient (Wildman–Crippen LogP) is 2.15. The minimum atomic E-state index is 0.465. The van der Waals surface area contributed by atoms with E-state index < -0.39 is 0 Å². The molecular weight excluding hydrogens is 190 g/mol. The summed E-state index contributed by atoms with van der Waals surface area (Å²) in [5.41, 5.74) is 12.8. The van der Waals surface area contributed by atoms with Crippen LogP contribution in [-0.2, 0) is 0 Å². The first kappa shape index (κ1) is 8.11. The molecule has 0 bridgehead atoms. The highest BCUT2D eigenvalue weighted by Crippen LogP contribution is 2.29. The van der Waals surface area contributed by atoms with Crippen LogP contribution in [0.3, 0.4) is 0 Å². The Labute approximate surface area is 85.5 Å². The monoisotopic (exact) mass is 199 g/mol. The van der Waals surface area contributed by atoms with Crippen molar-refractivity contribution in [2.45, 2.75) is 0 Å². The van der Waals surface area contributed by atoms with Crippen molar-refractivity contribution in [2.24, 2.45) is 0 Å². The quantitative estimate of drug-likeness (QED) is 0.544. The molecule has 2 aromatic heterocycles. The standard InChI is InChI=1S/C11H9N3O/c12-6-1-2-7-9(5-6)8-3-4-15-11(8)14-10(7)13/h1-5H,12H2,(H2,13,14). The molecule has 4 nitrogen and oxygen atoms in total. The fourth-order valence-electron chi connectivity index (χ4n) is 1.77. The van der Waals surface area contributed by atoms with E-state index in [0.29, 0.717) is 17.2 Å². The minimum Gasteiger partial charge on any atom is -0.446 e. The van der Waals surface area contributed by atoms with E-state index in [1.54, 1.807) is 6.26 Å². The van der Waals surface area contributed by atoms with Gasteiger partial charge in [0.25, 0.3) is 0 Å². The van der Waals surface area contributed by atoms with Crippen LogP contribution in [0.15, 0.2) is 34.9 Å². The van der Waals surface area contributed by atoms with Crippen molar-refractivity contribution >= 4 is 33.4 Å². The third-order valence-electron chi connectivity index (χ3n) is 2.48. The molecule has 0 aliphatic heterocycles. The number of rotatable bonds is 0.